The minimum absolute atomic E-state index is 0.0320. The molecule has 82 valence electrons. The van der Waals surface area contributed by atoms with Gasteiger partial charge in [0.2, 0.25) is 0 Å². The lowest BCUT2D eigenvalue weighted by Gasteiger charge is -2.27. The predicted molar refractivity (Wildman–Crippen MR) is 55.7 cm³/mol. The van der Waals surface area contributed by atoms with Gasteiger partial charge in [-0.2, -0.15) is 4.98 Å². The van der Waals surface area contributed by atoms with E-state index in [0.717, 1.165) is 6.07 Å². The zero-order valence-corrected chi connectivity index (χ0v) is 7.44. The van der Waals surface area contributed by atoms with E-state index >= 15 is 0 Å². The monoisotopic (exact) mass is 219 g/mol. The van der Waals surface area contributed by atoms with E-state index in [0.29, 0.717) is 0 Å². The van der Waals surface area contributed by atoms with Crippen LogP contribution in [-0.4, -0.2) is 27.9 Å². The quantitative estimate of drug-likeness (QED) is 0.587. The Kier molecular flexibility index (Phi) is 0.860. The van der Waals surface area contributed by atoms with Gasteiger partial charge >= 0.3 is 0 Å². The van der Waals surface area contributed by atoms with Crippen LogP contribution in [0.4, 0.5) is 11.6 Å². The van der Waals surface area contributed by atoms with E-state index in [9.17, 15) is 5.21 Å². The molecule has 1 saturated heterocycles. The highest BCUT2D eigenvalue weighted by Gasteiger charge is 2.13. The Bertz CT molecular complexity index is 745. The van der Waals surface area contributed by atoms with Crippen LogP contribution in [0, 0.1) is 5.41 Å². The number of hydrogen-bond acceptors (Lipinski definition) is 5. The first-order valence-electron chi connectivity index (χ1n) is 8.88. The first kappa shape index (κ1) is 3.40. The van der Waals surface area contributed by atoms with Gasteiger partial charge in [-0.1, -0.05) is 0 Å². The zero-order valence-electron chi connectivity index (χ0n) is 17.4. The highest BCUT2D eigenvalue weighted by Crippen LogP contribution is 2.17. The van der Waals surface area contributed by atoms with E-state index in [1.165, 1.54) is 0 Å². The maximum atomic E-state index is 9.41. The summed E-state index contributed by atoms with van der Waals surface area (Å²) in [5.74, 6) is -1.33. The molecular formula is C9H15N5O. The molecule has 15 heavy (non-hydrogen) atoms. The summed E-state index contributed by atoms with van der Waals surface area (Å²) >= 11 is 0. The first-order chi connectivity index (χ1) is 10.9. The van der Waals surface area contributed by atoms with E-state index in [2.05, 4.69) is 4.98 Å². The van der Waals surface area contributed by atoms with Gasteiger partial charge in [0, 0.05) is 32.8 Å². The van der Waals surface area contributed by atoms with E-state index in [1.54, 1.807) is 0 Å². The second kappa shape index (κ2) is 3.80. The van der Waals surface area contributed by atoms with E-state index < -0.39 is 49.4 Å². The number of nitrogens with zero attached hydrogens (tertiary/aromatic N) is 3. The summed E-state index contributed by atoms with van der Waals surface area (Å²) in [6.07, 6.45) is -10.6. The van der Waals surface area contributed by atoms with Crippen molar-refractivity contribution in [1.29, 1.82) is 5.41 Å². The summed E-state index contributed by atoms with van der Waals surface area (Å²) in [4.78, 5) is 3.39. The van der Waals surface area contributed by atoms with Gasteiger partial charge < -0.3 is 15.8 Å². The Morgan fingerprint density at radius 3 is 2.73 bits per heavy atom. The van der Waals surface area contributed by atoms with Crippen molar-refractivity contribution in [3.63, 3.8) is 0 Å². The van der Waals surface area contributed by atoms with Crippen LogP contribution in [0.25, 0.3) is 0 Å². The van der Waals surface area contributed by atoms with Crippen LogP contribution in [-0.2, 0) is 0 Å². The fourth-order valence-corrected chi connectivity index (χ4v) is 0.960. The minimum Gasteiger partial charge on any atom is -0.423 e. The minimum atomic E-state index is -3.55. The summed E-state index contributed by atoms with van der Waals surface area (Å²) < 4.78 is 78.6. The number of nitrogens with two attached hydrogens (primary N) is 1. The van der Waals surface area contributed by atoms with Crippen molar-refractivity contribution >= 4 is 11.6 Å². The van der Waals surface area contributed by atoms with Crippen molar-refractivity contribution in [3.05, 3.63) is 11.7 Å². The Balaban J connectivity index is 2.87. The molecule has 0 spiro atoms. The van der Waals surface area contributed by atoms with Gasteiger partial charge in [0.05, 0.1) is 0 Å². The fourth-order valence-electron chi connectivity index (χ4n) is 0.960. The molecule has 1 fully saturated rings. The lowest BCUT2D eigenvalue weighted by molar-refractivity contribution is 0.171. The van der Waals surface area contributed by atoms with Crippen LogP contribution in [0.1, 0.15) is 32.8 Å². The van der Waals surface area contributed by atoms with Gasteiger partial charge in [-0.05, 0) is 19.1 Å². The van der Waals surface area contributed by atoms with E-state index in [-0.39, 0.29) is 9.63 Å². The Hall–Kier alpha value is -1.72. The topological polar surface area (TPSA) is 91.2 Å². The Morgan fingerprint density at radius 1 is 1.47 bits per heavy atom. The van der Waals surface area contributed by atoms with Crippen LogP contribution in [0.5, 0.6) is 0 Å². The molecule has 6 heteroatoms. The molecule has 0 aromatic carbocycles. The molecule has 0 saturated carbocycles. The van der Waals surface area contributed by atoms with Crippen molar-refractivity contribution < 1.29 is 18.9 Å². The lowest BCUT2D eigenvalue weighted by atomic mass is 10.1. The molecule has 1 aromatic rings. The van der Waals surface area contributed by atoms with Crippen LogP contribution in [0.2, 0.25) is 0 Å². The van der Waals surface area contributed by atoms with Gasteiger partial charge in [0.1, 0.15) is 11.6 Å². The van der Waals surface area contributed by atoms with Crippen molar-refractivity contribution in [2.45, 2.75) is 19.1 Å². The van der Waals surface area contributed by atoms with Crippen molar-refractivity contribution in [1.82, 2.24) is 9.71 Å². The first-order valence-corrected chi connectivity index (χ1v) is 3.88. The maximum absolute atomic E-state index is 9.41. The van der Waals surface area contributed by atoms with Crippen molar-refractivity contribution in [2.75, 3.05) is 23.6 Å². The number of anilines is 2. The second-order valence-electron chi connectivity index (χ2n) is 2.61. The number of nitrogens with one attached hydrogen (secondary N) is 1. The van der Waals surface area contributed by atoms with Crippen LogP contribution in [0.3, 0.4) is 0 Å². The molecule has 1 aromatic heterocycles. The second-order valence-corrected chi connectivity index (χ2v) is 2.61. The average Bonchev–Trinajstić information content (AvgIpc) is 2.42. The molecule has 4 N–H and O–H groups in total. The molecule has 0 unspecified atom stereocenters. The molecule has 2 rings (SSSR count). The van der Waals surface area contributed by atoms with Crippen LogP contribution >= 0.6 is 0 Å². The lowest BCUT2D eigenvalue weighted by Crippen LogP contribution is -2.33. The van der Waals surface area contributed by atoms with E-state index in [1.807, 2.05) is 0 Å². The Labute approximate surface area is 101 Å². The standard InChI is InChI=1S/C9H15N5O/c10-7-6-8(12-9(11)14(7)15)13-4-2-1-3-5-13/h6,11,15H,1-5,10H2/i1D2,2D2,3D2,4D2,5D2. The molecule has 0 amide bonds. The van der Waals surface area contributed by atoms with Crippen LogP contribution < -0.4 is 16.3 Å². The highest BCUT2D eigenvalue weighted by atomic mass is 16.5. The molecule has 1 aliphatic rings. The van der Waals surface area contributed by atoms with Gasteiger partial charge in [-0.15, -0.1) is 4.73 Å². The van der Waals surface area contributed by atoms with Crippen LogP contribution in [0.15, 0.2) is 6.07 Å². The number of aromatic nitrogens is 2. The van der Waals surface area contributed by atoms with Gasteiger partial charge in [0.15, 0.2) is 0 Å². The molecule has 6 nitrogen and oxygen atoms in total. The van der Waals surface area contributed by atoms with Gasteiger partial charge in [0.25, 0.3) is 5.62 Å². The van der Waals surface area contributed by atoms with Crippen molar-refractivity contribution in [3.8, 4) is 0 Å². The molecular weight excluding hydrogens is 194 g/mol. The molecule has 1 aliphatic heterocycles. The number of rotatable bonds is 1. The Morgan fingerprint density at radius 2 is 2.13 bits per heavy atom. The summed E-state index contributed by atoms with van der Waals surface area (Å²) in [6.45, 7) is -6.84. The summed E-state index contributed by atoms with van der Waals surface area (Å²) in [5.41, 5.74) is 4.48. The van der Waals surface area contributed by atoms with Gasteiger partial charge in [-0.3, -0.25) is 5.41 Å². The average molecular weight is 219 g/mol. The van der Waals surface area contributed by atoms with Crippen molar-refractivity contribution in [2.24, 2.45) is 0 Å². The smallest absolute Gasteiger partial charge is 0.259 e. The summed E-state index contributed by atoms with van der Waals surface area (Å²) in [7, 11) is 0. The zero-order chi connectivity index (χ0) is 19.8. The molecule has 0 aliphatic carbocycles. The number of hydrogen-bond donors (Lipinski definition) is 3. The third kappa shape index (κ3) is 1.88. The SMILES string of the molecule is [2H]C1([2H])N(c2cc(N)n(O)c(=N)n2)C([2H])([2H])C([2H])([2H])C([2H])([2H])C1([2H])[2H]. The van der Waals surface area contributed by atoms with E-state index in [4.69, 9.17) is 24.9 Å². The predicted octanol–water partition coefficient (Wildman–Crippen LogP) is 0.172. The molecule has 2 heterocycles. The highest BCUT2D eigenvalue weighted by molar-refractivity contribution is 5.46. The molecule has 0 bridgehead atoms. The molecule has 0 radical (unpaired) electrons. The third-order valence-corrected chi connectivity index (χ3v) is 1.63. The number of nitrogen functional groups attached to an aromatic ring is 1. The van der Waals surface area contributed by atoms with Gasteiger partial charge in [-0.25, -0.2) is 0 Å². The fraction of sp³-hybridized carbons (Fsp3) is 0.556. The molecule has 0 atom stereocenters. The summed E-state index contributed by atoms with van der Waals surface area (Å²) in [5, 5.41) is 16.8. The largest absolute Gasteiger partial charge is 0.423 e. The third-order valence-electron chi connectivity index (χ3n) is 1.63. The normalized spacial score (nSPS) is 43.3. The maximum Gasteiger partial charge on any atom is 0.259 e. The number of piperidine rings is 1. The summed E-state index contributed by atoms with van der Waals surface area (Å²) in [6, 6.07) is 0.723.